The van der Waals surface area contributed by atoms with Crippen molar-refractivity contribution in [3.05, 3.63) is 64.4 Å². The fourth-order valence-electron chi connectivity index (χ4n) is 1.74. The van der Waals surface area contributed by atoms with Crippen LogP contribution in [0, 0.1) is 11.7 Å². The Balaban J connectivity index is 1.90. The molecule has 2 rings (SSSR count). The van der Waals surface area contributed by atoms with Gasteiger partial charge in [-0.05, 0) is 52.7 Å². The first-order chi connectivity index (χ1) is 11.5. The Kier molecular flexibility index (Phi) is 6.20. The lowest BCUT2D eigenvalue weighted by atomic mass is 10.1. The summed E-state index contributed by atoms with van der Waals surface area (Å²) in [6, 6.07) is 12.7. The lowest BCUT2D eigenvalue weighted by Crippen LogP contribution is -2.34. The van der Waals surface area contributed by atoms with Gasteiger partial charge in [0.05, 0.1) is 11.9 Å². The first-order valence-corrected chi connectivity index (χ1v) is 7.90. The zero-order chi connectivity index (χ0) is 17.5. The molecular formula is C17H15BrFN3O2. The Morgan fingerprint density at radius 3 is 2.46 bits per heavy atom. The molecule has 2 aromatic rings. The molecule has 124 valence electrons. The molecule has 0 heterocycles. The Bertz CT molecular complexity index is 763. The molecule has 2 amide bonds. The van der Waals surface area contributed by atoms with E-state index in [0.717, 1.165) is 4.47 Å². The van der Waals surface area contributed by atoms with E-state index in [9.17, 15) is 14.0 Å². The molecule has 1 atom stereocenters. The molecule has 0 aliphatic rings. The van der Waals surface area contributed by atoms with Crippen LogP contribution in [0.15, 0.2) is 58.1 Å². The molecule has 0 radical (unpaired) electrons. The van der Waals surface area contributed by atoms with Gasteiger partial charge in [0.2, 0.25) is 5.91 Å². The highest BCUT2D eigenvalue weighted by Crippen LogP contribution is 2.21. The fourth-order valence-corrected chi connectivity index (χ4v) is 2.12. The second-order valence-corrected chi connectivity index (χ2v) is 5.83. The maximum atomic E-state index is 12.8. The van der Waals surface area contributed by atoms with E-state index in [-0.39, 0.29) is 5.82 Å². The first-order valence-electron chi connectivity index (χ1n) is 7.11. The number of para-hydroxylation sites is 1. The smallest absolute Gasteiger partial charge is 0.252 e. The van der Waals surface area contributed by atoms with Crippen LogP contribution in [0.1, 0.15) is 12.5 Å². The summed E-state index contributed by atoms with van der Waals surface area (Å²) in [5.74, 6) is -2.27. The number of anilines is 1. The lowest BCUT2D eigenvalue weighted by molar-refractivity contribution is -0.131. The highest BCUT2D eigenvalue weighted by Gasteiger charge is 2.21. The second kappa shape index (κ2) is 8.35. The summed E-state index contributed by atoms with van der Waals surface area (Å²) in [7, 11) is 0. The predicted octanol–water partition coefficient (Wildman–Crippen LogP) is 3.31. The summed E-state index contributed by atoms with van der Waals surface area (Å²) >= 11 is 3.32. The number of amides is 2. The average molecular weight is 392 g/mol. The molecule has 7 heteroatoms. The number of halogens is 2. The van der Waals surface area contributed by atoms with E-state index in [1.165, 1.54) is 37.4 Å². The van der Waals surface area contributed by atoms with Crippen LogP contribution in [-0.4, -0.2) is 18.0 Å². The van der Waals surface area contributed by atoms with E-state index in [4.69, 9.17) is 0 Å². The van der Waals surface area contributed by atoms with Crippen LogP contribution in [0.25, 0.3) is 0 Å². The maximum Gasteiger partial charge on any atom is 0.252 e. The van der Waals surface area contributed by atoms with Crippen LogP contribution in [0.5, 0.6) is 0 Å². The van der Waals surface area contributed by atoms with Crippen molar-refractivity contribution < 1.29 is 14.0 Å². The molecule has 0 saturated heterocycles. The zero-order valence-corrected chi connectivity index (χ0v) is 14.4. The van der Waals surface area contributed by atoms with Crippen molar-refractivity contribution in [2.24, 2.45) is 11.0 Å². The van der Waals surface area contributed by atoms with E-state index in [1.54, 1.807) is 18.2 Å². The molecule has 0 bridgehead atoms. The molecule has 0 aliphatic heterocycles. The van der Waals surface area contributed by atoms with Gasteiger partial charge < -0.3 is 5.32 Å². The molecule has 0 aliphatic carbocycles. The normalized spacial score (nSPS) is 12.0. The summed E-state index contributed by atoms with van der Waals surface area (Å²) in [5.41, 5.74) is 3.50. The van der Waals surface area contributed by atoms with E-state index in [1.807, 2.05) is 6.07 Å². The zero-order valence-electron chi connectivity index (χ0n) is 12.8. The molecule has 2 N–H and O–H groups in total. The SMILES string of the molecule is CC(C(=O)NN=Cc1ccc(F)cc1)C(=O)Nc1ccccc1Br. The third-order valence-electron chi connectivity index (χ3n) is 3.18. The van der Waals surface area contributed by atoms with Crippen LogP contribution in [0.3, 0.4) is 0 Å². The van der Waals surface area contributed by atoms with Gasteiger partial charge in [0.25, 0.3) is 5.91 Å². The number of benzene rings is 2. The summed E-state index contributed by atoms with van der Waals surface area (Å²) in [5, 5.41) is 6.43. The number of carbonyl (C=O) groups is 2. The fraction of sp³-hybridized carbons (Fsp3) is 0.118. The number of hydrazone groups is 1. The maximum absolute atomic E-state index is 12.8. The quantitative estimate of drug-likeness (QED) is 0.466. The van der Waals surface area contributed by atoms with Crippen LogP contribution in [0.4, 0.5) is 10.1 Å². The Morgan fingerprint density at radius 1 is 1.12 bits per heavy atom. The highest BCUT2D eigenvalue weighted by atomic mass is 79.9. The topological polar surface area (TPSA) is 70.6 Å². The van der Waals surface area contributed by atoms with Gasteiger partial charge in [0.1, 0.15) is 11.7 Å². The monoisotopic (exact) mass is 391 g/mol. The van der Waals surface area contributed by atoms with Gasteiger partial charge in [-0.2, -0.15) is 5.10 Å². The van der Waals surface area contributed by atoms with Crippen molar-refractivity contribution in [1.29, 1.82) is 0 Å². The third kappa shape index (κ3) is 4.99. The van der Waals surface area contributed by atoms with E-state index in [2.05, 4.69) is 31.8 Å². The Hall–Kier alpha value is -2.54. The van der Waals surface area contributed by atoms with Gasteiger partial charge in [-0.15, -0.1) is 0 Å². The molecule has 0 fully saturated rings. The van der Waals surface area contributed by atoms with Crippen molar-refractivity contribution in [2.75, 3.05) is 5.32 Å². The van der Waals surface area contributed by atoms with E-state index in [0.29, 0.717) is 11.3 Å². The van der Waals surface area contributed by atoms with Crippen molar-refractivity contribution in [2.45, 2.75) is 6.92 Å². The predicted molar refractivity (Wildman–Crippen MR) is 94.1 cm³/mol. The minimum atomic E-state index is -0.928. The van der Waals surface area contributed by atoms with Crippen molar-refractivity contribution in [3.63, 3.8) is 0 Å². The van der Waals surface area contributed by atoms with E-state index < -0.39 is 17.7 Å². The number of rotatable bonds is 5. The average Bonchev–Trinajstić information content (AvgIpc) is 2.58. The van der Waals surface area contributed by atoms with Gasteiger partial charge in [0.15, 0.2) is 0 Å². The van der Waals surface area contributed by atoms with Gasteiger partial charge in [-0.3, -0.25) is 9.59 Å². The van der Waals surface area contributed by atoms with Crippen LogP contribution >= 0.6 is 15.9 Å². The largest absolute Gasteiger partial charge is 0.324 e. The molecule has 2 aromatic carbocycles. The number of hydrogen-bond acceptors (Lipinski definition) is 3. The molecule has 0 aromatic heterocycles. The Morgan fingerprint density at radius 2 is 1.79 bits per heavy atom. The summed E-state index contributed by atoms with van der Waals surface area (Å²) in [6.45, 7) is 1.48. The van der Waals surface area contributed by atoms with Crippen molar-refractivity contribution in [3.8, 4) is 0 Å². The molecule has 1 unspecified atom stereocenters. The summed E-state index contributed by atoms with van der Waals surface area (Å²) in [4.78, 5) is 24.0. The number of carbonyl (C=O) groups excluding carboxylic acids is 2. The van der Waals surface area contributed by atoms with Gasteiger partial charge in [0, 0.05) is 4.47 Å². The van der Waals surface area contributed by atoms with Crippen molar-refractivity contribution >= 4 is 39.6 Å². The van der Waals surface area contributed by atoms with E-state index >= 15 is 0 Å². The standard InChI is InChI=1S/C17H15BrFN3O2/c1-11(16(23)21-15-5-3-2-4-14(15)18)17(24)22-20-10-12-6-8-13(19)9-7-12/h2-11H,1H3,(H,21,23)(H,22,24). The first kappa shape index (κ1) is 17.8. The number of nitrogens with zero attached hydrogens (tertiary/aromatic N) is 1. The second-order valence-electron chi connectivity index (χ2n) is 4.98. The minimum absolute atomic E-state index is 0.353. The molecule has 0 spiro atoms. The van der Waals surface area contributed by atoms with Gasteiger partial charge in [-0.25, -0.2) is 9.82 Å². The van der Waals surface area contributed by atoms with Crippen molar-refractivity contribution in [1.82, 2.24) is 5.43 Å². The molecule has 24 heavy (non-hydrogen) atoms. The highest BCUT2D eigenvalue weighted by molar-refractivity contribution is 9.10. The minimum Gasteiger partial charge on any atom is -0.324 e. The summed E-state index contributed by atoms with van der Waals surface area (Å²) in [6.07, 6.45) is 1.37. The van der Waals surface area contributed by atoms with Gasteiger partial charge in [-0.1, -0.05) is 24.3 Å². The lowest BCUT2D eigenvalue weighted by Gasteiger charge is -2.11. The Labute approximate surface area is 147 Å². The molecule has 0 saturated carbocycles. The number of nitrogens with one attached hydrogen (secondary N) is 2. The molecular weight excluding hydrogens is 377 g/mol. The van der Waals surface area contributed by atoms with Gasteiger partial charge >= 0.3 is 0 Å². The summed E-state index contributed by atoms with van der Waals surface area (Å²) < 4.78 is 13.5. The van der Waals surface area contributed by atoms with Crippen LogP contribution in [-0.2, 0) is 9.59 Å². The third-order valence-corrected chi connectivity index (χ3v) is 3.87. The van der Waals surface area contributed by atoms with Crippen LogP contribution < -0.4 is 10.7 Å². The number of hydrogen-bond donors (Lipinski definition) is 2. The molecule has 5 nitrogen and oxygen atoms in total. The van der Waals surface area contributed by atoms with Crippen LogP contribution in [0.2, 0.25) is 0 Å².